The van der Waals surface area contributed by atoms with Crippen LogP contribution in [0.25, 0.3) is 0 Å². The van der Waals surface area contributed by atoms with Crippen LogP contribution < -0.4 is 5.73 Å². The second-order valence-corrected chi connectivity index (χ2v) is 6.30. The van der Waals surface area contributed by atoms with Gasteiger partial charge in [0.2, 0.25) is 0 Å². The Hall–Kier alpha value is -1.25. The average molecular weight is 285 g/mol. The zero-order valence-electron chi connectivity index (χ0n) is 12.9. The molecular weight excluding hydrogens is 262 g/mol. The van der Waals surface area contributed by atoms with E-state index in [0.717, 1.165) is 0 Å². The molecule has 0 amide bonds. The molecule has 0 aliphatic rings. The van der Waals surface area contributed by atoms with Gasteiger partial charge >= 0.3 is 0 Å². The van der Waals surface area contributed by atoms with Crippen LogP contribution in [0.1, 0.15) is 39.4 Å². The summed E-state index contributed by atoms with van der Waals surface area (Å²) < 4.78 is 0. The van der Waals surface area contributed by atoms with Crippen LogP contribution >= 0.6 is 11.8 Å². The number of aryl methyl sites for hydroxylation is 2. The van der Waals surface area contributed by atoms with Crippen molar-refractivity contribution in [3.05, 3.63) is 63.7 Å². The zero-order valence-corrected chi connectivity index (χ0v) is 13.8. The summed E-state index contributed by atoms with van der Waals surface area (Å²) in [5, 5.41) is 0. The predicted octanol–water partition coefficient (Wildman–Crippen LogP) is 4.69. The van der Waals surface area contributed by atoms with Gasteiger partial charge in [0, 0.05) is 4.90 Å². The van der Waals surface area contributed by atoms with Crippen molar-refractivity contribution in [2.45, 2.75) is 38.6 Å². The number of nitrogens with two attached hydrogens (primary N) is 1. The summed E-state index contributed by atoms with van der Waals surface area (Å²) in [5.41, 5.74) is 14.3. The highest BCUT2D eigenvalue weighted by molar-refractivity contribution is 7.98. The molecule has 0 radical (unpaired) electrons. The molecule has 106 valence electrons. The molecule has 0 aliphatic heterocycles. The molecular formula is C18H23NS. The van der Waals surface area contributed by atoms with Crippen molar-refractivity contribution in [1.82, 2.24) is 0 Å². The maximum atomic E-state index is 6.54. The summed E-state index contributed by atoms with van der Waals surface area (Å²) in [7, 11) is 0. The van der Waals surface area contributed by atoms with E-state index in [-0.39, 0.29) is 6.04 Å². The van der Waals surface area contributed by atoms with Gasteiger partial charge in [-0.15, -0.1) is 11.8 Å². The molecule has 2 aromatic rings. The second kappa shape index (κ2) is 6.02. The van der Waals surface area contributed by atoms with Gasteiger partial charge in [0.05, 0.1) is 6.04 Å². The molecule has 1 nitrogen and oxygen atoms in total. The number of rotatable bonds is 3. The van der Waals surface area contributed by atoms with E-state index in [9.17, 15) is 0 Å². The maximum Gasteiger partial charge on any atom is 0.0557 e. The van der Waals surface area contributed by atoms with Crippen molar-refractivity contribution in [1.29, 1.82) is 0 Å². The smallest absolute Gasteiger partial charge is 0.0557 e. The van der Waals surface area contributed by atoms with E-state index < -0.39 is 0 Å². The number of hydrogen-bond acceptors (Lipinski definition) is 2. The van der Waals surface area contributed by atoms with Crippen molar-refractivity contribution < 1.29 is 0 Å². The molecule has 20 heavy (non-hydrogen) atoms. The van der Waals surface area contributed by atoms with E-state index in [1.165, 1.54) is 38.3 Å². The van der Waals surface area contributed by atoms with Gasteiger partial charge in [0.1, 0.15) is 0 Å². The van der Waals surface area contributed by atoms with Gasteiger partial charge in [-0.1, -0.05) is 18.2 Å². The highest BCUT2D eigenvalue weighted by Gasteiger charge is 2.16. The van der Waals surface area contributed by atoms with Gasteiger partial charge in [-0.25, -0.2) is 0 Å². The summed E-state index contributed by atoms with van der Waals surface area (Å²) in [6.45, 7) is 8.67. The molecule has 0 fully saturated rings. The number of benzene rings is 2. The Morgan fingerprint density at radius 1 is 0.900 bits per heavy atom. The minimum absolute atomic E-state index is 0.0514. The van der Waals surface area contributed by atoms with Crippen molar-refractivity contribution in [3.8, 4) is 0 Å². The third-order valence-electron chi connectivity index (χ3n) is 4.21. The fraction of sp³-hybridized carbons (Fsp3) is 0.333. The highest BCUT2D eigenvalue weighted by Crippen LogP contribution is 2.30. The van der Waals surface area contributed by atoms with E-state index in [1.807, 2.05) is 0 Å². The van der Waals surface area contributed by atoms with Crippen molar-refractivity contribution in [3.63, 3.8) is 0 Å². The first-order valence-corrected chi connectivity index (χ1v) is 8.15. The third-order valence-corrected chi connectivity index (χ3v) is 4.95. The van der Waals surface area contributed by atoms with Crippen LogP contribution in [-0.4, -0.2) is 6.26 Å². The lowest BCUT2D eigenvalue weighted by Gasteiger charge is -2.21. The van der Waals surface area contributed by atoms with E-state index in [2.05, 4.69) is 64.3 Å². The zero-order chi connectivity index (χ0) is 14.9. The van der Waals surface area contributed by atoms with E-state index in [1.54, 1.807) is 11.8 Å². The maximum absolute atomic E-state index is 6.54. The van der Waals surface area contributed by atoms with Gasteiger partial charge in [-0.2, -0.15) is 0 Å². The summed E-state index contributed by atoms with van der Waals surface area (Å²) in [6, 6.07) is 10.8. The largest absolute Gasteiger partial charge is 0.320 e. The lowest BCUT2D eigenvalue weighted by Crippen LogP contribution is -2.16. The van der Waals surface area contributed by atoms with Gasteiger partial charge in [0.25, 0.3) is 0 Å². The van der Waals surface area contributed by atoms with Crippen LogP contribution in [0.5, 0.6) is 0 Å². The Kier molecular flexibility index (Phi) is 4.56. The quantitative estimate of drug-likeness (QED) is 0.828. The molecule has 2 aromatic carbocycles. The Bertz CT molecular complexity index is 588. The van der Waals surface area contributed by atoms with E-state index in [0.29, 0.717) is 0 Å². The fourth-order valence-corrected chi connectivity index (χ4v) is 3.10. The molecule has 0 aromatic heterocycles. The molecule has 0 bridgehead atoms. The van der Waals surface area contributed by atoms with Crippen LogP contribution in [0.2, 0.25) is 0 Å². The van der Waals surface area contributed by atoms with Gasteiger partial charge < -0.3 is 5.73 Å². The van der Waals surface area contributed by atoms with Crippen molar-refractivity contribution >= 4 is 11.8 Å². The lowest BCUT2D eigenvalue weighted by molar-refractivity contribution is 0.844. The van der Waals surface area contributed by atoms with Crippen LogP contribution in [0.3, 0.4) is 0 Å². The SMILES string of the molecule is CSc1ccc(C(N)c2c(C)c(C)cc(C)c2C)cc1. The summed E-state index contributed by atoms with van der Waals surface area (Å²) in [5.74, 6) is 0. The molecule has 0 heterocycles. The molecule has 0 spiro atoms. The lowest BCUT2D eigenvalue weighted by atomic mass is 9.87. The molecule has 0 saturated carbocycles. The number of hydrogen-bond donors (Lipinski definition) is 1. The Morgan fingerprint density at radius 3 is 1.85 bits per heavy atom. The molecule has 0 saturated heterocycles. The monoisotopic (exact) mass is 285 g/mol. The van der Waals surface area contributed by atoms with E-state index in [4.69, 9.17) is 5.73 Å². The molecule has 2 N–H and O–H groups in total. The second-order valence-electron chi connectivity index (χ2n) is 5.42. The third kappa shape index (κ3) is 2.77. The minimum Gasteiger partial charge on any atom is -0.320 e. The standard InChI is InChI=1S/C18H23NS/c1-11-10-12(2)14(4)17(13(11)3)18(19)15-6-8-16(20-5)9-7-15/h6-10,18H,19H2,1-5H3. The topological polar surface area (TPSA) is 26.0 Å². The Labute approximate surface area is 126 Å². The summed E-state index contributed by atoms with van der Waals surface area (Å²) in [6.07, 6.45) is 2.09. The highest BCUT2D eigenvalue weighted by atomic mass is 32.2. The van der Waals surface area contributed by atoms with Crippen LogP contribution in [-0.2, 0) is 0 Å². The molecule has 1 atom stereocenters. The van der Waals surface area contributed by atoms with Gasteiger partial charge in [0.15, 0.2) is 0 Å². The molecule has 2 rings (SSSR count). The first kappa shape index (κ1) is 15.1. The Balaban J connectivity index is 2.49. The number of thioether (sulfide) groups is 1. The van der Waals surface area contributed by atoms with Crippen LogP contribution in [0.15, 0.2) is 35.2 Å². The fourth-order valence-electron chi connectivity index (χ4n) is 2.69. The first-order valence-electron chi connectivity index (χ1n) is 6.92. The first-order chi connectivity index (χ1) is 9.45. The molecule has 1 unspecified atom stereocenters. The Morgan fingerprint density at radius 2 is 1.40 bits per heavy atom. The van der Waals surface area contributed by atoms with Crippen LogP contribution in [0, 0.1) is 27.7 Å². The normalized spacial score (nSPS) is 12.5. The minimum atomic E-state index is -0.0514. The summed E-state index contributed by atoms with van der Waals surface area (Å²) in [4.78, 5) is 1.27. The van der Waals surface area contributed by atoms with Gasteiger partial charge in [-0.05, 0) is 79.5 Å². The van der Waals surface area contributed by atoms with Crippen LogP contribution in [0.4, 0.5) is 0 Å². The summed E-state index contributed by atoms with van der Waals surface area (Å²) >= 11 is 1.76. The average Bonchev–Trinajstić information content (AvgIpc) is 2.45. The van der Waals surface area contributed by atoms with Crippen molar-refractivity contribution in [2.24, 2.45) is 5.73 Å². The van der Waals surface area contributed by atoms with Crippen molar-refractivity contribution in [2.75, 3.05) is 6.26 Å². The predicted molar refractivity (Wildman–Crippen MR) is 89.6 cm³/mol. The molecule has 0 aliphatic carbocycles. The van der Waals surface area contributed by atoms with Gasteiger partial charge in [-0.3, -0.25) is 0 Å². The molecule has 2 heteroatoms. The van der Waals surface area contributed by atoms with E-state index >= 15 is 0 Å².